The van der Waals surface area contributed by atoms with E-state index in [1.807, 2.05) is 24.3 Å². The maximum absolute atomic E-state index is 13.8. The SMILES string of the molecule is COCCc1ccc(Oc2cccc(F)c2[C@@H](C)N)cc1. The molecule has 0 amide bonds. The highest BCUT2D eigenvalue weighted by molar-refractivity contribution is 5.40. The third-order valence-electron chi connectivity index (χ3n) is 3.21. The van der Waals surface area contributed by atoms with Crippen molar-refractivity contribution >= 4 is 0 Å². The zero-order valence-corrected chi connectivity index (χ0v) is 12.3. The summed E-state index contributed by atoms with van der Waals surface area (Å²) < 4.78 is 24.6. The van der Waals surface area contributed by atoms with Crippen LogP contribution in [0.15, 0.2) is 42.5 Å². The van der Waals surface area contributed by atoms with Crippen LogP contribution in [0.4, 0.5) is 4.39 Å². The van der Waals surface area contributed by atoms with Crippen LogP contribution in [0.2, 0.25) is 0 Å². The van der Waals surface area contributed by atoms with Crippen molar-refractivity contribution in [1.29, 1.82) is 0 Å². The van der Waals surface area contributed by atoms with Crippen LogP contribution >= 0.6 is 0 Å². The Morgan fingerprint density at radius 3 is 2.48 bits per heavy atom. The van der Waals surface area contributed by atoms with Gasteiger partial charge in [0.25, 0.3) is 0 Å². The Hall–Kier alpha value is -1.91. The standard InChI is InChI=1S/C17H20FNO2/c1-12(19)17-15(18)4-3-5-16(17)21-14-8-6-13(7-9-14)10-11-20-2/h3-9,12H,10-11,19H2,1-2H3/t12-/m1/s1. The van der Waals surface area contributed by atoms with Crippen LogP contribution in [0, 0.1) is 5.82 Å². The lowest BCUT2D eigenvalue weighted by Gasteiger charge is -2.14. The lowest BCUT2D eigenvalue weighted by molar-refractivity contribution is 0.202. The first-order valence-corrected chi connectivity index (χ1v) is 6.91. The smallest absolute Gasteiger partial charge is 0.135 e. The van der Waals surface area contributed by atoms with Gasteiger partial charge < -0.3 is 15.2 Å². The zero-order chi connectivity index (χ0) is 15.2. The zero-order valence-electron chi connectivity index (χ0n) is 12.3. The van der Waals surface area contributed by atoms with Gasteiger partial charge in [-0.1, -0.05) is 18.2 Å². The summed E-state index contributed by atoms with van der Waals surface area (Å²) in [4.78, 5) is 0. The van der Waals surface area contributed by atoms with Gasteiger partial charge in [-0.05, 0) is 43.2 Å². The van der Waals surface area contributed by atoms with Gasteiger partial charge in [-0.15, -0.1) is 0 Å². The van der Waals surface area contributed by atoms with Crippen LogP contribution in [0.25, 0.3) is 0 Å². The van der Waals surface area contributed by atoms with Crippen molar-refractivity contribution in [3.05, 3.63) is 59.4 Å². The minimum Gasteiger partial charge on any atom is -0.457 e. The first-order valence-electron chi connectivity index (χ1n) is 6.91. The Balaban J connectivity index is 2.17. The molecule has 3 nitrogen and oxygen atoms in total. The molecule has 0 heterocycles. The second kappa shape index (κ2) is 7.20. The summed E-state index contributed by atoms with van der Waals surface area (Å²) in [6, 6.07) is 12.0. The number of rotatable bonds is 6. The van der Waals surface area contributed by atoms with Gasteiger partial charge in [-0.2, -0.15) is 0 Å². The average Bonchev–Trinajstić information content (AvgIpc) is 2.46. The van der Waals surface area contributed by atoms with Crippen molar-refractivity contribution < 1.29 is 13.9 Å². The fourth-order valence-corrected chi connectivity index (χ4v) is 2.12. The van der Waals surface area contributed by atoms with Crippen LogP contribution in [-0.2, 0) is 11.2 Å². The maximum atomic E-state index is 13.8. The summed E-state index contributed by atoms with van der Waals surface area (Å²) in [7, 11) is 1.68. The van der Waals surface area contributed by atoms with Crippen molar-refractivity contribution in [2.24, 2.45) is 5.73 Å². The molecule has 2 aromatic carbocycles. The lowest BCUT2D eigenvalue weighted by atomic mass is 10.1. The van der Waals surface area contributed by atoms with Crippen molar-refractivity contribution in [2.45, 2.75) is 19.4 Å². The summed E-state index contributed by atoms with van der Waals surface area (Å²) in [5.74, 6) is 0.762. The molecule has 0 saturated heterocycles. The predicted molar refractivity (Wildman–Crippen MR) is 81.1 cm³/mol. The number of benzene rings is 2. The molecule has 0 aliphatic rings. The third-order valence-corrected chi connectivity index (χ3v) is 3.21. The molecule has 0 aliphatic heterocycles. The Morgan fingerprint density at radius 2 is 1.86 bits per heavy atom. The first-order chi connectivity index (χ1) is 10.1. The normalized spacial score (nSPS) is 12.2. The van der Waals surface area contributed by atoms with Gasteiger partial charge in [0.1, 0.15) is 17.3 Å². The number of methoxy groups -OCH3 is 1. The molecule has 2 rings (SSSR count). The van der Waals surface area contributed by atoms with Crippen LogP contribution in [-0.4, -0.2) is 13.7 Å². The molecule has 0 aromatic heterocycles. The summed E-state index contributed by atoms with van der Waals surface area (Å²) in [5.41, 5.74) is 7.37. The fraction of sp³-hybridized carbons (Fsp3) is 0.294. The highest BCUT2D eigenvalue weighted by Crippen LogP contribution is 2.30. The molecule has 0 unspecified atom stereocenters. The number of ether oxygens (including phenoxy) is 2. The van der Waals surface area contributed by atoms with Crippen LogP contribution in [0.1, 0.15) is 24.1 Å². The van der Waals surface area contributed by atoms with E-state index in [1.165, 1.54) is 6.07 Å². The lowest BCUT2D eigenvalue weighted by Crippen LogP contribution is -2.09. The first kappa shape index (κ1) is 15.5. The molecule has 0 fully saturated rings. The van der Waals surface area contributed by atoms with E-state index in [-0.39, 0.29) is 5.82 Å². The van der Waals surface area contributed by atoms with Crippen LogP contribution in [0.3, 0.4) is 0 Å². The highest BCUT2D eigenvalue weighted by atomic mass is 19.1. The van der Waals surface area contributed by atoms with Crippen molar-refractivity contribution in [3.63, 3.8) is 0 Å². The van der Waals surface area contributed by atoms with E-state index < -0.39 is 6.04 Å². The Bertz CT molecular complexity index is 582. The van der Waals surface area contributed by atoms with E-state index in [1.54, 1.807) is 26.2 Å². The molecule has 1 atom stereocenters. The molecule has 2 N–H and O–H groups in total. The third kappa shape index (κ3) is 4.03. The van der Waals surface area contributed by atoms with Gasteiger partial charge in [0, 0.05) is 18.7 Å². The molecular formula is C17H20FNO2. The van der Waals surface area contributed by atoms with Gasteiger partial charge in [-0.25, -0.2) is 4.39 Å². The number of hydrogen-bond acceptors (Lipinski definition) is 3. The molecule has 0 bridgehead atoms. The largest absolute Gasteiger partial charge is 0.457 e. The van der Waals surface area contributed by atoms with E-state index >= 15 is 0 Å². The minimum atomic E-state index is -0.429. The Morgan fingerprint density at radius 1 is 1.14 bits per heavy atom. The molecule has 4 heteroatoms. The predicted octanol–water partition coefficient (Wildman–Crippen LogP) is 3.83. The van der Waals surface area contributed by atoms with E-state index in [2.05, 4.69) is 0 Å². The topological polar surface area (TPSA) is 44.5 Å². The van der Waals surface area contributed by atoms with Crippen molar-refractivity contribution in [3.8, 4) is 11.5 Å². The van der Waals surface area contributed by atoms with Crippen molar-refractivity contribution in [2.75, 3.05) is 13.7 Å². The monoisotopic (exact) mass is 289 g/mol. The highest BCUT2D eigenvalue weighted by Gasteiger charge is 2.14. The Labute approximate surface area is 124 Å². The summed E-state index contributed by atoms with van der Waals surface area (Å²) in [6.45, 7) is 2.41. The summed E-state index contributed by atoms with van der Waals surface area (Å²) >= 11 is 0. The van der Waals surface area contributed by atoms with Gasteiger partial charge in [-0.3, -0.25) is 0 Å². The van der Waals surface area contributed by atoms with Gasteiger partial charge in [0.2, 0.25) is 0 Å². The van der Waals surface area contributed by atoms with E-state index in [9.17, 15) is 4.39 Å². The molecule has 0 spiro atoms. The quantitative estimate of drug-likeness (QED) is 0.879. The van der Waals surface area contributed by atoms with Crippen molar-refractivity contribution in [1.82, 2.24) is 0 Å². The van der Waals surface area contributed by atoms with Gasteiger partial charge in [0.05, 0.1) is 6.61 Å². The molecule has 0 aliphatic carbocycles. The molecule has 2 aromatic rings. The molecule has 21 heavy (non-hydrogen) atoms. The number of halogens is 1. The van der Waals surface area contributed by atoms with Crippen LogP contribution in [0.5, 0.6) is 11.5 Å². The average molecular weight is 289 g/mol. The number of hydrogen-bond donors (Lipinski definition) is 1. The van der Waals surface area contributed by atoms with Crippen LogP contribution < -0.4 is 10.5 Å². The second-order valence-corrected chi connectivity index (χ2v) is 4.93. The molecule has 112 valence electrons. The van der Waals surface area contributed by atoms with E-state index in [0.717, 1.165) is 12.0 Å². The second-order valence-electron chi connectivity index (χ2n) is 4.93. The summed E-state index contributed by atoms with van der Waals surface area (Å²) in [6.07, 6.45) is 0.849. The Kier molecular flexibility index (Phi) is 5.31. The fourth-order valence-electron chi connectivity index (χ4n) is 2.12. The molecule has 0 saturated carbocycles. The maximum Gasteiger partial charge on any atom is 0.135 e. The van der Waals surface area contributed by atoms with E-state index in [0.29, 0.717) is 23.7 Å². The minimum absolute atomic E-state index is 0.348. The molecule has 0 radical (unpaired) electrons. The van der Waals surface area contributed by atoms with E-state index in [4.69, 9.17) is 15.2 Å². The summed E-state index contributed by atoms with van der Waals surface area (Å²) in [5, 5.41) is 0. The van der Waals surface area contributed by atoms with Gasteiger partial charge >= 0.3 is 0 Å². The molecular weight excluding hydrogens is 269 g/mol. The van der Waals surface area contributed by atoms with Gasteiger partial charge in [0.15, 0.2) is 0 Å². The number of nitrogens with two attached hydrogens (primary N) is 1.